The molecule has 0 atom stereocenters. The monoisotopic (exact) mass is 341 g/mol. The minimum atomic E-state index is 0.535. The van der Waals surface area contributed by atoms with E-state index in [0.717, 1.165) is 23.9 Å². The van der Waals surface area contributed by atoms with Gasteiger partial charge in [0.05, 0.1) is 0 Å². The zero-order valence-electron chi connectivity index (χ0n) is 14.4. The van der Waals surface area contributed by atoms with Gasteiger partial charge in [-0.3, -0.25) is 0 Å². The van der Waals surface area contributed by atoms with E-state index in [1.54, 1.807) is 0 Å². The van der Waals surface area contributed by atoms with Gasteiger partial charge in [-0.15, -0.1) is 10.2 Å². The number of aromatic nitrogens is 4. The third-order valence-electron chi connectivity index (χ3n) is 4.82. The van der Waals surface area contributed by atoms with Crippen LogP contribution in [0.5, 0.6) is 0 Å². The van der Waals surface area contributed by atoms with E-state index in [4.69, 9.17) is 4.98 Å². The average Bonchev–Trinajstić information content (AvgIpc) is 3.45. The molecule has 128 valence electrons. The van der Waals surface area contributed by atoms with Crippen molar-refractivity contribution in [3.63, 3.8) is 0 Å². The van der Waals surface area contributed by atoms with Crippen LogP contribution in [0.25, 0.3) is 17.1 Å². The lowest BCUT2D eigenvalue weighted by Gasteiger charge is -2.24. The fourth-order valence-electron chi connectivity index (χ4n) is 3.30. The third kappa shape index (κ3) is 2.81. The van der Waals surface area contributed by atoms with Gasteiger partial charge < -0.3 is 9.47 Å². The zero-order valence-corrected chi connectivity index (χ0v) is 14.4. The molecule has 2 aromatic heterocycles. The Morgan fingerprint density at radius 2 is 1.85 bits per heavy atom. The summed E-state index contributed by atoms with van der Waals surface area (Å²) in [4.78, 5) is 7.03. The van der Waals surface area contributed by atoms with E-state index in [0.29, 0.717) is 6.04 Å². The summed E-state index contributed by atoms with van der Waals surface area (Å²) in [6, 6.07) is 17.1. The summed E-state index contributed by atoms with van der Waals surface area (Å²) in [5, 5.41) is 8.39. The standard InChI is InChI=1S/C21H19N5/c1-2-6-16(7-3-1)17-8-5-13-25(14-17)20-10-4-9-19(23-20)21-24-22-15-26(21)18-11-12-18/h1-10,13,15,18H,11-12,14H2. The summed E-state index contributed by atoms with van der Waals surface area (Å²) in [5.74, 6) is 1.78. The second kappa shape index (κ2) is 6.26. The molecule has 0 amide bonds. The van der Waals surface area contributed by atoms with Crippen LogP contribution >= 0.6 is 0 Å². The first-order valence-electron chi connectivity index (χ1n) is 8.95. The Kier molecular flexibility index (Phi) is 3.63. The van der Waals surface area contributed by atoms with Crippen molar-refractivity contribution in [3.05, 3.63) is 78.8 Å². The molecular weight excluding hydrogens is 322 g/mol. The van der Waals surface area contributed by atoms with E-state index in [1.165, 1.54) is 24.0 Å². The van der Waals surface area contributed by atoms with Crippen molar-refractivity contribution >= 4 is 11.4 Å². The number of pyridine rings is 1. The van der Waals surface area contributed by atoms with Crippen molar-refractivity contribution in [3.8, 4) is 11.5 Å². The van der Waals surface area contributed by atoms with Gasteiger partial charge in [0.1, 0.15) is 17.8 Å². The molecule has 1 aromatic carbocycles. The van der Waals surface area contributed by atoms with Gasteiger partial charge in [-0.05, 0) is 42.2 Å². The van der Waals surface area contributed by atoms with Gasteiger partial charge in [-0.25, -0.2) is 4.98 Å². The molecule has 5 rings (SSSR count). The van der Waals surface area contributed by atoms with Crippen LogP contribution in [0.3, 0.4) is 0 Å². The van der Waals surface area contributed by atoms with E-state index in [2.05, 4.69) is 62.3 Å². The van der Waals surface area contributed by atoms with Crippen LogP contribution in [0, 0.1) is 0 Å². The third-order valence-corrected chi connectivity index (χ3v) is 4.82. The fourth-order valence-corrected chi connectivity index (χ4v) is 3.30. The van der Waals surface area contributed by atoms with E-state index in [9.17, 15) is 0 Å². The molecule has 0 unspecified atom stereocenters. The maximum atomic E-state index is 4.86. The molecule has 1 aliphatic carbocycles. The first-order valence-corrected chi connectivity index (χ1v) is 8.95. The van der Waals surface area contributed by atoms with Gasteiger partial charge in [0.15, 0.2) is 5.82 Å². The van der Waals surface area contributed by atoms with E-state index >= 15 is 0 Å². The number of benzene rings is 1. The maximum absolute atomic E-state index is 4.86. The van der Waals surface area contributed by atoms with Crippen molar-refractivity contribution in [2.45, 2.75) is 18.9 Å². The van der Waals surface area contributed by atoms with Crippen LogP contribution in [-0.4, -0.2) is 26.3 Å². The Morgan fingerprint density at radius 1 is 0.962 bits per heavy atom. The Labute approximate surface area is 152 Å². The van der Waals surface area contributed by atoms with Gasteiger partial charge in [0.2, 0.25) is 0 Å². The second-order valence-electron chi connectivity index (χ2n) is 6.70. The molecule has 0 N–H and O–H groups in total. The van der Waals surface area contributed by atoms with Gasteiger partial charge in [-0.1, -0.05) is 42.5 Å². The van der Waals surface area contributed by atoms with E-state index in [-0.39, 0.29) is 0 Å². The van der Waals surface area contributed by atoms with Crippen molar-refractivity contribution < 1.29 is 0 Å². The first kappa shape index (κ1) is 15.1. The summed E-state index contributed by atoms with van der Waals surface area (Å²) in [5.41, 5.74) is 3.39. The van der Waals surface area contributed by atoms with Gasteiger partial charge in [0, 0.05) is 18.8 Å². The van der Waals surface area contributed by atoms with Crippen LogP contribution in [0.2, 0.25) is 0 Å². The first-order chi connectivity index (χ1) is 12.9. The fraction of sp³-hybridized carbons (Fsp3) is 0.190. The Bertz CT molecular complexity index is 982. The van der Waals surface area contributed by atoms with Crippen molar-refractivity contribution in [2.75, 3.05) is 11.4 Å². The van der Waals surface area contributed by atoms with Crippen LogP contribution in [0.4, 0.5) is 5.82 Å². The number of nitrogens with zero attached hydrogens (tertiary/aromatic N) is 5. The van der Waals surface area contributed by atoms with Crippen molar-refractivity contribution in [1.29, 1.82) is 0 Å². The van der Waals surface area contributed by atoms with Gasteiger partial charge >= 0.3 is 0 Å². The topological polar surface area (TPSA) is 46.8 Å². The zero-order chi connectivity index (χ0) is 17.3. The number of anilines is 1. The Morgan fingerprint density at radius 3 is 2.69 bits per heavy atom. The highest BCUT2D eigenvalue weighted by Gasteiger charge is 2.27. The molecule has 26 heavy (non-hydrogen) atoms. The number of hydrogen-bond acceptors (Lipinski definition) is 4. The minimum absolute atomic E-state index is 0.535. The number of rotatable bonds is 4. The van der Waals surface area contributed by atoms with E-state index < -0.39 is 0 Å². The molecule has 1 saturated carbocycles. The molecule has 5 heteroatoms. The molecule has 2 aliphatic rings. The SMILES string of the molecule is C1=CN(c2cccc(-c3nncn3C3CC3)n2)CC(c2ccccc2)=C1. The highest BCUT2D eigenvalue weighted by Crippen LogP contribution is 2.37. The largest absolute Gasteiger partial charge is 0.329 e. The molecular formula is C21H19N5. The summed E-state index contributed by atoms with van der Waals surface area (Å²) in [6.45, 7) is 0.798. The maximum Gasteiger partial charge on any atom is 0.182 e. The van der Waals surface area contributed by atoms with Crippen LogP contribution < -0.4 is 4.90 Å². The molecule has 0 saturated heterocycles. The Hall–Kier alpha value is -3.21. The highest BCUT2D eigenvalue weighted by atomic mass is 15.3. The lowest BCUT2D eigenvalue weighted by Crippen LogP contribution is -2.22. The molecule has 3 heterocycles. The Balaban J connectivity index is 1.44. The van der Waals surface area contributed by atoms with Gasteiger partial charge in [-0.2, -0.15) is 0 Å². The molecule has 5 nitrogen and oxygen atoms in total. The molecule has 1 fully saturated rings. The normalized spacial score (nSPS) is 16.6. The van der Waals surface area contributed by atoms with Crippen LogP contribution in [0.15, 0.2) is 73.2 Å². The molecule has 0 bridgehead atoms. The number of hydrogen-bond donors (Lipinski definition) is 0. The molecule has 0 spiro atoms. The quantitative estimate of drug-likeness (QED) is 0.717. The summed E-state index contributed by atoms with van der Waals surface area (Å²) < 4.78 is 2.15. The van der Waals surface area contributed by atoms with E-state index in [1.807, 2.05) is 30.6 Å². The lowest BCUT2D eigenvalue weighted by molar-refractivity contribution is 0.743. The van der Waals surface area contributed by atoms with Crippen LogP contribution in [-0.2, 0) is 0 Å². The molecule has 1 aliphatic heterocycles. The summed E-state index contributed by atoms with van der Waals surface area (Å²) in [6.07, 6.45) is 10.5. The molecule has 3 aromatic rings. The molecule has 0 radical (unpaired) electrons. The van der Waals surface area contributed by atoms with Crippen molar-refractivity contribution in [1.82, 2.24) is 19.7 Å². The smallest absolute Gasteiger partial charge is 0.182 e. The van der Waals surface area contributed by atoms with Crippen molar-refractivity contribution in [2.24, 2.45) is 0 Å². The lowest BCUT2D eigenvalue weighted by atomic mass is 10.0. The van der Waals surface area contributed by atoms with Gasteiger partial charge in [0.25, 0.3) is 0 Å². The summed E-state index contributed by atoms with van der Waals surface area (Å²) >= 11 is 0. The van der Waals surface area contributed by atoms with Crippen LogP contribution in [0.1, 0.15) is 24.4 Å². The summed E-state index contributed by atoms with van der Waals surface area (Å²) in [7, 11) is 0. The minimum Gasteiger partial charge on any atom is -0.329 e. The average molecular weight is 341 g/mol. The predicted octanol–water partition coefficient (Wildman–Crippen LogP) is 4.09. The highest BCUT2D eigenvalue weighted by molar-refractivity contribution is 5.73. The predicted molar refractivity (Wildman–Crippen MR) is 102 cm³/mol. The second-order valence-corrected chi connectivity index (χ2v) is 6.70. The number of allylic oxidation sites excluding steroid dienone is 2.